The van der Waals surface area contributed by atoms with Gasteiger partial charge < -0.3 is 10.0 Å². The molecule has 52 heavy (non-hydrogen) atoms. The van der Waals surface area contributed by atoms with Crippen LogP contribution in [0.25, 0.3) is 30.4 Å². The van der Waals surface area contributed by atoms with E-state index >= 15 is 0 Å². The molecule has 0 bridgehead atoms. The molecular weight excluding hydrogens is 721 g/mol. The van der Waals surface area contributed by atoms with Crippen LogP contribution in [-0.4, -0.2) is 26.3 Å². The number of aliphatic imine (C=N–C) groups is 1. The molecule has 5 aromatic rings. The maximum absolute atomic E-state index is 12.6. The van der Waals surface area contributed by atoms with Gasteiger partial charge in [0.05, 0.1) is 5.75 Å². The Hall–Kier alpha value is -4.41. The quantitative estimate of drug-likeness (QED) is 0.0846. The summed E-state index contributed by atoms with van der Waals surface area (Å²) in [6, 6.07) is 33.9. The van der Waals surface area contributed by atoms with Crippen molar-refractivity contribution >= 4 is 109 Å². The third-order valence-corrected chi connectivity index (χ3v) is 12.3. The Bertz CT molecular complexity index is 2100. The van der Waals surface area contributed by atoms with Crippen molar-refractivity contribution in [1.82, 2.24) is 0 Å². The van der Waals surface area contributed by atoms with Gasteiger partial charge >= 0.3 is 5.97 Å². The fourth-order valence-corrected chi connectivity index (χ4v) is 8.91. The minimum Gasteiger partial charge on any atom is -0.481 e. The van der Waals surface area contributed by atoms with Crippen LogP contribution in [0.2, 0.25) is 0 Å². The fourth-order valence-electron chi connectivity index (χ4n) is 5.61. The number of anilines is 3. The summed E-state index contributed by atoms with van der Waals surface area (Å²) >= 11 is 5.69. The molecule has 1 N–H and O–H groups in total. The van der Waals surface area contributed by atoms with Crippen molar-refractivity contribution in [2.75, 3.05) is 10.7 Å². The SMILES string of the molecule is CCCCCCc1ccc(/C=C/c2ccc(N(c3ccc(/C=C/c4ccc(C)s4)cc3)c3ccc(/C=C4/N=C(SCC(=O)O)SC4=O)cc3)cc2)s1. The highest BCUT2D eigenvalue weighted by Gasteiger charge is 2.23. The Balaban J connectivity index is 1.22. The van der Waals surface area contributed by atoms with Crippen molar-refractivity contribution in [2.45, 2.75) is 46.0 Å². The van der Waals surface area contributed by atoms with E-state index in [4.69, 9.17) is 5.11 Å². The Morgan fingerprint density at radius 1 is 0.731 bits per heavy atom. The van der Waals surface area contributed by atoms with E-state index in [-0.39, 0.29) is 10.9 Å². The number of hydrogen-bond donors (Lipinski definition) is 1. The van der Waals surface area contributed by atoms with Gasteiger partial charge in [-0.05, 0) is 127 Å². The van der Waals surface area contributed by atoms with Crippen LogP contribution in [0.5, 0.6) is 0 Å². The number of thioether (sulfide) groups is 2. The van der Waals surface area contributed by atoms with Crippen molar-refractivity contribution in [2.24, 2.45) is 4.99 Å². The minimum atomic E-state index is -0.940. The van der Waals surface area contributed by atoms with Gasteiger partial charge in [0.15, 0.2) is 0 Å². The molecule has 1 aliphatic rings. The average Bonchev–Trinajstić information content (AvgIpc) is 3.89. The number of carbonyl (C=O) groups excluding carboxylic acids is 1. The van der Waals surface area contributed by atoms with Crippen molar-refractivity contribution in [1.29, 1.82) is 0 Å². The highest BCUT2D eigenvalue weighted by molar-refractivity contribution is 8.45. The predicted octanol–water partition coefficient (Wildman–Crippen LogP) is 12.8. The summed E-state index contributed by atoms with van der Waals surface area (Å²) in [5.74, 6) is -1.07. The lowest BCUT2D eigenvalue weighted by Crippen LogP contribution is -2.09. The summed E-state index contributed by atoms with van der Waals surface area (Å²) in [6.45, 7) is 4.37. The maximum atomic E-state index is 12.6. The molecule has 3 heterocycles. The standard InChI is InChI=1S/C43H40N2O3S4/c1-3-4-5-6-7-37-26-27-39(51-37)25-16-32-11-19-35(20-12-32)45(34-17-9-31(10-18-34)15-24-38-23-8-30(2)50-38)36-21-13-33(14-22-36)28-40-42(48)52-43(44-40)49-29-41(46)47/h8-28H,3-7,29H2,1-2H3,(H,46,47)/b24-15+,25-16+,40-28+. The van der Waals surface area contributed by atoms with Gasteiger partial charge in [-0.1, -0.05) is 86.5 Å². The zero-order chi connectivity index (χ0) is 36.3. The Morgan fingerprint density at radius 2 is 1.31 bits per heavy atom. The lowest BCUT2D eigenvalue weighted by atomic mass is 10.1. The maximum Gasteiger partial charge on any atom is 0.313 e. The third kappa shape index (κ3) is 10.6. The lowest BCUT2D eigenvalue weighted by Gasteiger charge is -2.26. The first kappa shape index (κ1) is 37.4. The number of unbranched alkanes of at least 4 members (excludes halogenated alkanes) is 3. The van der Waals surface area contributed by atoms with Gasteiger partial charge in [0.2, 0.25) is 5.12 Å². The van der Waals surface area contributed by atoms with E-state index in [0.29, 0.717) is 10.1 Å². The molecule has 0 fully saturated rings. The van der Waals surface area contributed by atoms with Gasteiger partial charge in [0, 0.05) is 36.6 Å². The number of rotatable bonds is 15. The fraction of sp³-hybridized carbons (Fsp3) is 0.186. The van der Waals surface area contributed by atoms with E-state index in [0.717, 1.165) is 63.7 Å². The van der Waals surface area contributed by atoms with Crippen molar-refractivity contribution in [3.05, 3.63) is 139 Å². The number of aliphatic carboxylic acids is 1. The predicted molar refractivity (Wildman–Crippen MR) is 228 cm³/mol. The minimum absolute atomic E-state index is 0.130. The van der Waals surface area contributed by atoms with Gasteiger partial charge in [-0.3, -0.25) is 9.59 Å². The van der Waals surface area contributed by atoms with Crippen LogP contribution >= 0.6 is 46.2 Å². The molecule has 264 valence electrons. The summed E-state index contributed by atoms with van der Waals surface area (Å²) in [7, 11) is 0. The second kappa shape index (κ2) is 18.4. The zero-order valence-electron chi connectivity index (χ0n) is 29.2. The second-order valence-corrected chi connectivity index (χ2v) is 17.0. The van der Waals surface area contributed by atoms with Crippen LogP contribution in [0, 0.1) is 6.92 Å². The van der Waals surface area contributed by atoms with Gasteiger partial charge in [0.1, 0.15) is 10.1 Å². The largest absolute Gasteiger partial charge is 0.481 e. The monoisotopic (exact) mass is 760 g/mol. The van der Waals surface area contributed by atoms with Crippen LogP contribution in [0.3, 0.4) is 0 Å². The number of hydrogen-bond acceptors (Lipinski definition) is 8. The Morgan fingerprint density at radius 3 is 1.87 bits per heavy atom. The summed E-state index contributed by atoms with van der Waals surface area (Å²) in [5, 5.41) is 8.80. The molecule has 9 heteroatoms. The topological polar surface area (TPSA) is 70.0 Å². The summed E-state index contributed by atoms with van der Waals surface area (Å²) in [6.07, 6.45) is 16.7. The molecule has 0 aliphatic carbocycles. The van der Waals surface area contributed by atoms with Crippen molar-refractivity contribution < 1.29 is 14.7 Å². The summed E-state index contributed by atoms with van der Waals surface area (Å²) < 4.78 is 0.460. The van der Waals surface area contributed by atoms with E-state index in [1.165, 1.54) is 45.2 Å². The Labute approximate surface area is 322 Å². The molecule has 0 amide bonds. The first-order valence-corrected chi connectivity index (χ1v) is 20.8. The van der Waals surface area contributed by atoms with Crippen LogP contribution in [0.15, 0.2) is 108 Å². The third-order valence-electron chi connectivity index (χ3n) is 8.28. The first-order valence-electron chi connectivity index (χ1n) is 17.3. The number of carbonyl (C=O) groups is 2. The number of benzene rings is 3. The van der Waals surface area contributed by atoms with Crippen LogP contribution in [0.1, 0.15) is 68.8 Å². The number of aryl methyl sites for hydroxylation is 2. The molecule has 0 unspecified atom stereocenters. The number of carboxylic acid groups (broad SMARTS) is 1. The molecule has 1 aliphatic heterocycles. The number of carboxylic acids is 1. The number of nitrogens with zero attached hydrogens (tertiary/aromatic N) is 2. The van der Waals surface area contributed by atoms with Crippen molar-refractivity contribution in [3.8, 4) is 0 Å². The smallest absolute Gasteiger partial charge is 0.313 e. The summed E-state index contributed by atoms with van der Waals surface area (Å²) in [5.41, 5.74) is 6.43. The molecule has 5 nitrogen and oxygen atoms in total. The molecule has 2 aromatic heterocycles. The van der Waals surface area contributed by atoms with E-state index in [1.807, 2.05) is 35.6 Å². The first-order chi connectivity index (χ1) is 25.3. The van der Waals surface area contributed by atoms with E-state index in [1.54, 1.807) is 17.4 Å². The second-order valence-electron chi connectivity index (χ2n) is 12.3. The molecule has 0 saturated heterocycles. The average molecular weight is 761 g/mol. The van der Waals surface area contributed by atoms with Crippen LogP contribution < -0.4 is 4.90 Å². The molecule has 0 radical (unpaired) electrons. The van der Waals surface area contributed by atoms with E-state index in [2.05, 4.69) is 121 Å². The van der Waals surface area contributed by atoms with E-state index in [9.17, 15) is 9.59 Å². The van der Waals surface area contributed by atoms with Gasteiger partial charge in [0.25, 0.3) is 0 Å². The molecule has 0 saturated carbocycles. The lowest BCUT2D eigenvalue weighted by molar-refractivity contribution is -0.133. The van der Waals surface area contributed by atoms with Crippen LogP contribution in [-0.2, 0) is 16.0 Å². The normalized spacial score (nSPS) is 13.8. The van der Waals surface area contributed by atoms with Crippen LogP contribution in [0.4, 0.5) is 17.1 Å². The molecule has 0 spiro atoms. The van der Waals surface area contributed by atoms with Gasteiger partial charge in [-0.15, -0.1) is 22.7 Å². The number of thiophene rings is 2. The molecule has 0 atom stereocenters. The molecular formula is C43H40N2O3S4. The summed E-state index contributed by atoms with van der Waals surface area (Å²) in [4.78, 5) is 35.3. The molecule has 3 aromatic carbocycles. The highest BCUT2D eigenvalue weighted by Crippen LogP contribution is 2.36. The van der Waals surface area contributed by atoms with Gasteiger partial charge in [-0.2, -0.15) is 0 Å². The van der Waals surface area contributed by atoms with E-state index < -0.39 is 5.97 Å². The van der Waals surface area contributed by atoms with Gasteiger partial charge in [-0.25, -0.2) is 4.99 Å². The van der Waals surface area contributed by atoms with Crippen molar-refractivity contribution in [3.63, 3.8) is 0 Å². The highest BCUT2D eigenvalue weighted by atomic mass is 32.2. The molecule has 6 rings (SSSR count). The zero-order valence-corrected chi connectivity index (χ0v) is 32.4. The Kier molecular flexibility index (Phi) is 13.2.